The van der Waals surface area contributed by atoms with Crippen LogP contribution >= 0.6 is 0 Å². The zero-order valence-electron chi connectivity index (χ0n) is 12.3. The van der Waals surface area contributed by atoms with E-state index in [1.54, 1.807) is 0 Å². The largest absolute Gasteiger partial charge is 0.390 e. The Morgan fingerprint density at radius 2 is 1.83 bits per heavy atom. The van der Waals surface area contributed by atoms with E-state index in [0.717, 1.165) is 13.1 Å². The van der Waals surface area contributed by atoms with Crippen molar-refractivity contribution in [1.82, 2.24) is 10.2 Å². The number of aliphatic hydroxyl groups is 1. The molecule has 3 heteroatoms. The van der Waals surface area contributed by atoms with E-state index in [1.807, 2.05) is 0 Å². The van der Waals surface area contributed by atoms with Crippen LogP contribution in [0.1, 0.15) is 52.4 Å². The molecule has 2 saturated carbocycles. The van der Waals surface area contributed by atoms with Gasteiger partial charge >= 0.3 is 0 Å². The summed E-state index contributed by atoms with van der Waals surface area (Å²) >= 11 is 0. The summed E-state index contributed by atoms with van der Waals surface area (Å²) in [4.78, 5) is 2.37. The van der Waals surface area contributed by atoms with Gasteiger partial charge in [0.2, 0.25) is 0 Å². The van der Waals surface area contributed by atoms with Crippen molar-refractivity contribution in [3.05, 3.63) is 0 Å². The maximum atomic E-state index is 10.0. The molecule has 0 aromatic carbocycles. The molecule has 0 aromatic rings. The Morgan fingerprint density at radius 3 is 2.39 bits per heavy atom. The van der Waals surface area contributed by atoms with E-state index < -0.39 is 0 Å². The number of nitrogens with zero attached hydrogens (tertiary/aromatic N) is 1. The molecule has 2 aliphatic rings. The zero-order chi connectivity index (χ0) is 13.2. The molecule has 1 unspecified atom stereocenters. The van der Waals surface area contributed by atoms with Gasteiger partial charge in [-0.3, -0.25) is 0 Å². The number of nitrogens with one attached hydrogen (secondary N) is 1. The topological polar surface area (TPSA) is 35.5 Å². The molecule has 0 radical (unpaired) electrons. The van der Waals surface area contributed by atoms with Crippen LogP contribution in [0.15, 0.2) is 0 Å². The lowest BCUT2D eigenvalue weighted by Crippen LogP contribution is -2.43. The molecular formula is C15H30N2O. The van der Waals surface area contributed by atoms with Crippen LogP contribution in [0.25, 0.3) is 0 Å². The Labute approximate surface area is 112 Å². The quantitative estimate of drug-likeness (QED) is 0.761. The van der Waals surface area contributed by atoms with Crippen LogP contribution in [0.4, 0.5) is 0 Å². The van der Waals surface area contributed by atoms with Gasteiger partial charge in [0, 0.05) is 25.2 Å². The summed E-state index contributed by atoms with van der Waals surface area (Å²) in [6, 6.07) is 1.37. The van der Waals surface area contributed by atoms with Gasteiger partial charge in [-0.1, -0.05) is 13.8 Å². The first-order chi connectivity index (χ1) is 8.46. The van der Waals surface area contributed by atoms with Gasteiger partial charge in [-0.25, -0.2) is 0 Å². The maximum absolute atomic E-state index is 10.0. The minimum absolute atomic E-state index is 0.217. The van der Waals surface area contributed by atoms with Crippen molar-refractivity contribution in [2.45, 2.75) is 70.6 Å². The molecule has 2 N–H and O–H groups in total. The fraction of sp³-hybridized carbons (Fsp3) is 1.00. The zero-order valence-corrected chi connectivity index (χ0v) is 12.3. The normalized spacial score (nSPS) is 26.5. The molecule has 2 aliphatic carbocycles. The van der Waals surface area contributed by atoms with Crippen LogP contribution in [-0.4, -0.2) is 48.3 Å². The Morgan fingerprint density at radius 1 is 1.22 bits per heavy atom. The molecule has 1 atom stereocenters. The molecule has 0 bridgehead atoms. The predicted molar refractivity (Wildman–Crippen MR) is 75.7 cm³/mol. The maximum Gasteiger partial charge on any atom is 0.0791 e. The predicted octanol–water partition coefficient (Wildman–Crippen LogP) is 2.00. The van der Waals surface area contributed by atoms with Gasteiger partial charge in [0.1, 0.15) is 0 Å². The standard InChI is InChI=1S/C15H30N2O/c1-15(2)8-6-13(7-9-15)17(3)11-14(18)10-16-12-4-5-12/h12-14,16,18H,4-11H2,1-3H3. The average Bonchev–Trinajstić information content (AvgIpc) is 3.09. The molecule has 0 saturated heterocycles. The molecule has 18 heavy (non-hydrogen) atoms. The minimum atomic E-state index is -0.217. The fourth-order valence-electron chi connectivity index (χ4n) is 2.96. The molecule has 0 spiro atoms. The highest BCUT2D eigenvalue weighted by molar-refractivity contribution is 4.85. The summed E-state index contributed by atoms with van der Waals surface area (Å²) in [7, 11) is 2.17. The lowest BCUT2D eigenvalue weighted by atomic mass is 9.75. The second kappa shape index (κ2) is 5.89. The number of likely N-dealkylation sites (N-methyl/N-ethyl adjacent to an activating group) is 1. The van der Waals surface area contributed by atoms with E-state index in [2.05, 4.69) is 31.1 Å². The SMILES string of the molecule is CN(CC(O)CNC1CC1)C1CCC(C)(C)CC1. The molecule has 0 amide bonds. The van der Waals surface area contributed by atoms with Gasteiger partial charge in [-0.15, -0.1) is 0 Å². The highest BCUT2D eigenvalue weighted by Crippen LogP contribution is 2.36. The molecule has 0 aromatic heterocycles. The fourth-order valence-corrected chi connectivity index (χ4v) is 2.96. The number of rotatable bonds is 6. The first-order valence-corrected chi connectivity index (χ1v) is 7.58. The van der Waals surface area contributed by atoms with Gasteiger partial charge in [0.25, 0.3) is 0 Å². The van der Waals surface area contributed by atoms with E-state index in [1.165, 1.54) is 38.5 Å². The smallest absolute Gasteiger partial charge is 0.0791 e. The lowest BCUT2D eigenvalue weighted by molar-refractivity contribution is 0.0720. The molecular weight excluding hydrogens is 224 g/mol. The summed E-state index contributed by atoms with van der Waals surface area (Å²) in [6.07, 6.45) is 7.57. The molecule has 2 rings (SSSR count). The third kappa shape index (κ3) is 4.52. The summed E-state index contributed by atoms with van der Waals surface area (Å²) in [5, 5.41) is 13.4. The summed E-state index contributed by atoms with van der Waals surface area (Å²) in [6.45, 7) is 6.31. The van der Waals surface area contributed by atoms with E-state index in [4.69, 9.17) is 0 Å². The number of aliphatic hydroxyl groups excluding tert-OH is 1. The molecule has 0 heterocycles. The highest BCUT2D eigenvalue weighted by atomic mass is 16.3. The second-order valence-electron chi connectivity index (χ2n) is 7.17. The van der Waals surface area contributed by atoms with Crippen molar-refractivity contribution in [3.63, 3.8) is 0 Å². The van der Waals surface area contributed by atoms with Crippen molar-refractivity contribution < 1.29 is 5.11 Å². The second-order valence-corrected chi connectivity index (χ2v) is 7.17. The minimum Gasteiger partial charge on any atom is -0.390 e. The first-order valence-electron chi connectivity index (χ1n) is 7.58. The van der Waals surface area contributed by atoms with Crippen LogP contribution in [-0.2, 0) is 0 Å². The Kier molecular flexibility index (Phi) is 4.68. The third-order valence-electron chi connectivity index (χ3n) is 4.65. The highest BCUT2D eigenvalue weighted by Gasteiger charge is 2.29. The van der Waals surface area contributed by atoms with Crippen molar-refractivity contribution in [2.24, 2.45) is 5.41 Å². The Balaban J connectivity index is 1.65. The lowest BCUT2D eigenvalue weighted by Gasteiger charge is -2.39. The van der Waals surface area contributed by atoms with Gasteiger partial charge in [0.15, 0.2) is 0 Å². The van der Waals surface area contributed by atoms with E-state index >= 15 is 0 Å². The van der Waals surface area contributed by atoms with Crippen LogP contribution in [0.2, 0.25) is 0 Å². The average molecular weight is 254 g/mol. The van der Waals surface area contributed by atoms with Gasteiger partial charge in [0.05, 0.1) is 6.10 Å². The summed E-state index contributed by atoms with van der Waals surface area (Å²) < 4.78 is 0. The summed E-state index contributed by atoms with van der Waals surface area (Å²) in [5.41, 5.74) is 0.531. The van der Waals surface area contributed by atoms with E-state index in [-0.39, 0.29) is 6.10 Å². The Hall–Kier alpha value is -0.120. The molecule has 0 aliphatic heterocycles. The molecule has 2 fully saturated rings. The van der Waals surface area contributed by atoms with Crippen LogP contribution in [0, 0.1) is 5.41 Å². The summed E-state index contributed by atoms with van der Waals surface area (Å²) in [5.74, 6) is 0. The van der Waals surface area contributed by atoms with Crippen LogP contribution in [0.3, 0.4) is 0 Å². The number of hydrogen-bond donors (Lipinski definition) is 2. The van der Waals surface area contributed by atoms with Gasteiger partial charge in [-0.2, -0.15) is 0 Å². The van der Waals surface area contributed by atoms with Crippen molar-refractivity contribution in [2.75, 3.05) is 20.1 Å². The van der Waals surface area contributed by atoms with Gasteiger partial charge < -0.3 is 15.3 Å². The monoisotopic (exact) mass is 254 g/mol. The molecule has 3 nitrogen and oxygen atoms in total. The van der Waals surface area contributed by atoms with E-state index in [0.29, 0.717) is 17.5 Å². The van der Waals surface area contributed by atoms with Crippen molar-refractivity contribution in [3.8, 4) is 0 Å². The first kappa shape index (κ1) is 14.3. The Bertz CT molecular complexity index is 253. The van der Waals surface area contributed by atoms with E-state index in [9.17, 15) is 5.11 Å². The van der Waals surface area contributed by atoms with Gasteiger partial charge in [-0.05, 0) is 51.0 Å². The molecule has 106 valence electrons. The van der Waals surface area contributed by atoms with Crippen molar-refractivity contribution >= 4 is 0 Å². The van der Waals surface area contributed by atoms with Crippen LogP contribution in [0.5, 0.6) is 0 Å². The van der Waals surface area contributed by atoms with Crippen molar-refractivity contribution in [1.29, 1.82) is 0 Å². The number of hydrogen-bond acceptors (Lipinski definition) is 3. The third-order valence-corrected chi connectivity index (χ3v) is 4.65. The van der Waals surface area contributed by atoms with Crippen LogP contribution < -0.4 is 5.32 Å².